The third-order valence-corrected chi connectivity index (χ3v) is 2.87. The van der Waals surface area contributed by atoms with Crippen LogP contribution in [-0.4, -0.2) is 19.6 Å². The summed E-state index contributed by atoms with van der Waals surface area (Å²) in [7, 11) is 0. The van der Waals surface area contributed by atoms with Gasteiger partial charge in [0.2, 0.25) is 6.41 Å². The van der Waals surface area contributed by atoms with Crippen molar-refractivity contribution < 1.29 is 4.79 Å². The Balaban J connectivity index is 2.35. The van der Waals surface area contributed by atoms with Gasteiger partial charge in [0, 0.05) is 12.0 Å². The molecule has 2 rings (SSSR count). The highest BCUT2D eigenvalue weighted by molar-refractivity contribution is 5.46. The number of nitrogens with zero attached hydrogens (tertiary/aromatic N) is 2. The molecular formula is C12H15N3O. The van der Waals surface area contributed by atoms with Crippen molar-refractivity contribution in [2.24, 2.45) is 9.98 Å². The van der Waals surface area contributed by atoms with Crippen LogP contribution in [0.3, 0.4) is 0 Å². The molecule has 0 aliphatic carbocycles. The minimum atomic E-state index is -0.0892. The number of fused-ring (bicyclic) bond motifs is 1. The van der Waals surface area contributed by atoms with Crippen molar-refractivity contribution in [2.45, 2.75) is 19.3 Å². The molecular weight excluding hydrogens is 202 g/mol. The van der Waals surface area contributed by atoms with Crippen molar-refractivity contribution in [2.75, 3.05) is 13.2 Å². The third kappa shape index (κ3) is 1.96. The average molecular weight is 217 g/mol. The second-order valence-corrected chi connectivity index (χ2v) is 4.54. The zero-order valence-electron chi connectivity index (χ0n) is 9.53. The molecule has 0 unspecified atom stereocenters. The topological polar surface area (TPSA) is 53.8 Å². The van der Waals surface area contributed by atoms with Crippen LogP contribution in [0.4, 0.5) is 0 Å². The highest BCUT2D eigenvalue weighted by Crippen LogP contribution is 2.19. The standard InChI is InChI=1S/C12H15N3O/c1-12(2,6-13-8-16)9-3-4-10-11(5-9)15-7-14-10/h3-5,8H,6-7H2,1-2H3,(H,13,16). The van der Waals surface area contributed by atoms with Crippen LogP contribution in [0.5, 0.6) is 0 Å². The Morgan fingerprint density at radius 2 is 2.12 bits per heavy atom. The van der Waals surface area contributed by atoms with Crippen LogP contribution < -0.4 is 16.0 Å². The molecule has 1 aliphatic rings. The van der Waals surface area contributed by atoms with Gasteiger partial charge in [-0.25, -0.2) is 0 Å². The van der Waals surface area contributed by atoms with Gasteiger partial charge in [0.05, 0.1) is 10.7 Å². The smallest absolute Gasteiger partial charge is 0.207 e. The molecule has 0 fully saturated rings. The first-order valence-corrected chi connectivity index (χ1v) is 5.30. The number of hydrogen-bond donors (Lipinski definition) is 1. The number of benzene rings is 1. The van der Waals surface area contributed by atoms with Gasteiger partial charge in [0.15, 0.2) is 0 Å². The summed E-state index contributed by atoms with van der Waals surface area (Å²) in [6.07, 6.45) is 0.731. The van der Waals surface area contributed by atoms with Gasteiger partial charge in [0.1, 0.15) is 6.67 Å². The minimum absolute atomic E-state index is 0.0892. The monoisotopic (exact) mass is 217 g/mol. The fourth-order valence-corrected chi connectivity index (χ4v) is 1.79. The Morgan fingerprint density at radius 3 is 2.88 bits per heavy atom. The lowest BCUT2D eigenvalue weighted by Gasteiger charge is -2.24. The lowest BCUT2D eigenvalue weighted by molar-refractivity contribution is -0.109. The first kappa shape index (κ1) is 10.8. The summed E-state index contributed by atoms with van der Waals surface area (Å²) in [6, 6.07) is 6.10. The van der Waals surface area contributed by atoms with Crippen molar-refractivity contribution in [3.05, 3.63) is 34.5 Å². The van der Waals surface area contributed by atoms with E-state index in [0.717, 1.165) is 17.1 Å². The van der Waals surface area contributed by atoms with E-state index in [1.54, 1.807) is 0 Å². The van der Waals surface area contributed by atoms with Gasteiger partial charge in [-0.15, -0.1) is 0 Å². The fraction of sp³-hybridized carbons (Fsp3) is 0.417. The van der Waals surface area contributed by atoms with Crippen molar-refractivity contribution in [1.29, 1.82) is 0 Å². The average Bonchev–Trinajstić information content (AvgIpc) is 2.73. The molecule has 1 heterocycles. The number of carbonyl (C=O) groups excluding carboxylic acids is 1. The number of nitrogens with one attached hydrogen (secondary N) is 1. The molecule has 84 valence electrons. The zero-order valence-corrected chi connectivity index (χ0v) is 9.53. The van der Waals surface area contributed by atoms with Gasteiger partial charge in [-0.1, -0.05) is 19.9 Å². The van der Waals surface area contributed by atoms with E-state index in [2.05, 4.69) is 41.3 Å². The number of rotatable bonds is 4. The first-order valence-electron chi connectivity index (χ1n) is 5.30. The van der Waals surface area contributed by atoms with Crippen LogP contribution >= 0.6 is 0 Å². The van der Waals surface area contributed by atoms with Crippen LogP contribution in [0.25, 0.3) is 0 Å². The van der Waals surface area contributed by atoms with Gasteiger partial charge in [-0.2, -0.15) is 0 Å². The van der Waals surface area contributed by atoms with Crippen LogP contribution in [0.15, 0.2) is 28.2 Å². The molecule has 1 aromatic carbocycles. The Morgan fingerprint density at radius 1 is 1.38 bits per heavy atom. The van der Waals surface area contributed by atoms with E-state index in [9.17, 15) is 4.79 Å². The molecule has 1 aromatic rings. The van der Waals surface area contributed by atoms with E-state index in [1.165, 1.54) is 5.56 Å². The Bertz CT molecular complexity index is 520. The molecule has 0 atom stereocenters. The van der Waals surface area contributed by atoms with Crippen LogP contribution in [0, 0.1) is 0 Å². The van der Waals surface area contributed by atoms with Crippen LogP contribution in [0.1, 0.15) is 19.4 Å². The van der Waals surface area contributed by atoms with Crippen molar-refractivity contribution in [3.8, 4) is 0 Å². The highest BCUT2D eigenvalue weighted by Gasteiger charge is 2.20. The first-order chi connectivity index (χ1) is 7.63. The predicted molar refractivity (Wildman–Crippen MR) is 60.7 cm³/mol. The molecule has 16 heavy (non-hydrogen) atoms. The molecule has 0 radical (unpaired) electrons. The number of hydrogen-bond acceptors (Lipinski definition) is 3. The van der Waals surface area contributed by atoms with Crippen LogP contribution in [-0.2, 0) is 10.2 Å². The lowest BCUT2D eigenvalue weighted by atomic mass is 9.84. The maximum atomic E-state index is 10.3. The van der Waals surface area contributed by atoms with E-state index < -0.39 is 0 Å². The molecule has 0 bridgehead atoms. The quantitative estimate of drug-likeness (QED) is 0.705. The number of amides is 1. The van der Waals surface area contributed by atoms with E-state index in [0.29, 0.717) is 13.2 Å². The summed E-state index contributed by atoms with van der Waals surface area (Å²) in [5, 5.41) is 4.64. The number of carbonyl (C=O) groups is 1. The Labute approximate surface area is 94.1 Å². The Kier molecular flexibility index (Phi) is 2.73. The van der Waals surface area contributed by atoms with E-state index >= 15 is 0 Å². The van der Waals surface area contributed by atoms with Gasteiger partial charge in [-0.3, -0.25) is 14.8 Å². The minimum Gasteiger partial charge on any atom is -0.358 e. The predicted octanol–water partition coefficient (Wildman–Crippen LogP) is -0.0795. The van der Waals surface area contributed by atoms with Crippen molar-refractivity contribution >= 4 is 6.41 Å². The summed E-state index contributed by atoms with van der Waals surface area (Å²) in [5.74, 6) is 0. The summed E-state index contributed by atoms with van der Waals surface area (Å²) in [4.78, 5) is 18.9. The maximum Gasteiger partial charge on any atom is 0.207 e. The van der Waals surface area contributed by atoms with Gasteiger partial charge >= 0.3 is 0 Å². The molecule has 0 aromatic heterocycles. The summed E-state index contributed by atoms with van der Waals surface area (Å²) >= 11 is 0. The van der Waals surface area contributed by atoms with E-state index in [1.807, 2.05) is 6.07 Å². The van der Waals surface area contributed by atoms with E-state index in [-0.39, 0.29) is 5.41 Å². The summed E-state index contributed by atoms with van der Waals surface area (Å²) in [6.45, 7) is 5.34. The molecule has 0 saturated carbocycles. The molecule has 1 N–H and O–H groups in total. The van der Waals surface area contributed by atoms with Crippen molar-refractivity contribution in [3.63, 3.8) is 0 Å². The maximum absolute atomic E-state index is 10.3. The Hall–Kier alpha value is -1.71. The molecule has 0 spiro atoms. The van der Waals surface area contributed by atoms with Gasteiger partial charge in [0.25, 0.3) is 0 Å². The molecule has 4 nitrogen and oxygen atoms in total. The summed E-state index contributed by atoms with van der Waals surface area (Å²) in [5.41, 5.74) is 1.08. The van der Waals surface area contributed by atoms with Gasteiger partial charge < -0.3 is 5.32 Å². The molecule has 0 saturated heterocycles. The molecule has 1 aliphatic heterocycles. The molecule has 1 amide bonds. The van der Waals surface area contributed by atoms with Crippen LogP contribution in [0.2, 0.25) is 0 Å². The normalized spacial score (nSPS) is 13.6. The third-order valence-electron chi connectivity index (χ3n) is 2.87. The second kappa shape index (κ2) is 4.04. The molecule has 4 heteroatoms. The summed E-state index contributed by atoms with van der Waals surface area (Å²) < 4.78 is 0. The fourth-order valence-electron chi connectivity index (χ4n) is 1.79. The zero-order chi connectivity index (χ0) is 11.6. The second-order valence-electron chi connectivity index (χ2n) is 4.54. The largest absolute Gasteiger partial charge is 0.358 e. The van der Waals surface area contributed by atoms with Gasteiger partial charge in [-0.05, 0) is 17.7 Å². The SMILES string of the molecule is CC(C)(CNC=O)c1ccc2c(c1)=NCN=2. The lowest BCUT2D eigenvalue weighted by Crippen LogP contribution is -2.34. The highest BCUT2D eigenvalue weighted by atomic mass is 16.1. The van der Waals surface area contributed by atoms with E-state index in [4.69, 9.17) is 0 Å². The van der Waals surface area contributed by atoms with Crippen molar-refractivity contribution in [1.82, 2.24) is 5.32 Å².